The van der Waals surface area contributed by atoms with E-state index in [1.807, 2.05) is 36.6 Å². The molecule has 0 saturated heterocycles. The minimum Gasteiger partial charge on any atom is -0.385 e. The normalized spacial score (nSPS) is 10.9. The number of hydrogen-bond acceptors (Lipinski definition) is 5. The van der Waals surface area contributed by atoms with Gasteiger partial charge in [-0.1, -0.05) is 35.5 Å². The standard InChI is InChI=1S/C16H21N3O2S/c1-12-5-6-14(13(2)9-12)15(20)10-22-16-18-17-11-19(16)7-4-8-21-3/h5-6,9,11H,4,7-8,10H2,1-3H3. The molecule has 0 aliphatic heterocycles. The molecule has 0 saturated carbocycles. The van der Waals surface area contributed by atoms with Gasteiger partial charge >= 0.3 is 0 Å². The largest absolute Gasteiger partial charge is 0.385 e. The molecule has 6 heteroatoms. The molecule has 0 atom stereocenters. The van der Waals surface area contributed by atoms with Crippen LogP contribution in [-0.4, -0.2) is 40.0 Å². The maximum atomic E-state index is 12.3. The molecule has 1 aromatic carbocycles. The SMILES string of the molecule is COCCCn1cnnc1SCC(=O)c1ccc(C)cc1C. The number of aryl methyl sites for hydroxylation is 3. The second-order valence-corrected chi connectivity index (χ2v) is 6.13. The topological polar surface area (TPSA) is 57.0 Å². The lowest BCUT2D eigenvalue weighted by Gasteiger charge is -2.07. The predicted octanol–water partition coefficient (Wildman–Crippen LogP) is 2.91. The average molecular weight is 319 g/mol. The number of Topliss-reactive ketones (excluding diaryl/α,β-unsaturated/α-hetero) is 1. The van der Waals surface area contributed by atoms with Crippen LogP contribution in [0.5, 0.6) is 0 Å². The van der Waals surface area contributed by atoms with E-state index in [1.165, 1.54) is 17.3 Å². The minimum absolute atomic E-state index is 0.119. The molecule has 22 heavy (non-hydrogen) atoms. The first kappa shape index (κ1) is 16.7. The highest BCUT2D eigenvalue weighted by molar-refractivity contribution is 7.99. The summed E-state index contributed by atoms with van der Waals surface area (Å²) in [6.07, 6.45) is 2.59. The lowest BCUT2D eigenvalue weighted by Crippen LogP contribution is -2.07. The van der Waals surface area contributed by atoms with Gasteiger partial charge in [-0.05, 0) is 25.8 Å². The number of thioether (sulfide) groups is 1. The number of rotatable bonds is 8. The first-order valence-corrected chi connectivity index (χ1v) is 8.20. The van der Waals surface area contributed by atoms with Crippen LogP contribution < -0.4 is 0 Å². The number of carbonyl (C=O) groups is 1. The van der Waals surface area contributed by atoms with Gasteiger partial charge in [-0.15, -0.1) is 10.2 Å². The maximum Gasteiger partial charge on any atom is 0.191 e. The van der Waals surface area contributed by atoms with Crippen molar-refractivity contribution in [3.05, 3.63) is 41.2 Å². The number of aromatic nitrogens is 3. The van der Waals surface area contributed by atoms with Gasteiger partial charge < -0.3 is 9.30 Å². The summed E-state index contributed by atoms with van der Waals surface area (Å²) >= 11 is 1.43. The van der Waals surface area contributed by atoms with Crippen molar-refractivity contribution < 1.29 is 9.53 Å². The predicted molar refractivity (Wildman–Crippen MR) is 87.5 cm³/mol. The van der Waals surface area contributed by atoms with E-state index in [1.54, 1.807) is 13.4 Å². The Hall–Kier alpha value is -1.66. The van der Waals surface area contributed by atoms with Crippen LogP contribution in [0.25, 0.3) is 0 Å². The molecule has 0 aliphatic rings. The fraction of sp³-hybridized carbons (Fsp3) is 0.438. The summed E-state index contributed by atoms with van der Waals surface area (Å²) in [6, 6.07) is 5.90. The van der Waals surface area contributed by atoms with Crippen LogP contribution in [0.15, 0.2) is 29.7 Å². The van der Waals surface area contributed by atoms with E-state index in [9.17, 15) is 4.79 Å². The van der Waals surface area contributed by atoms with Crippen LogP contribution in [-0.2, 0) is 11.3 Å². The van der Waals surface area contributed by atoms with Gasteiger partial charge in [0.15, 0.2) is 10.9 Å². The molecule has 5 nitrogen and oxygen atoms in total. The van der Waals surface area contributed by atoms with Crippen molar-refractivity contribution in [3.63, 3.8) is 0 Å². The van der Waals surface area contributed by atoms with Gasteiger partial charge in [-0.2, -0.15) is 0 Å². The summed E-state index contributed by atoms with van der Waals surface area (Å²) in [5, 5.41) is 8.77. The Bertz CT molecular complexity index is 640. The van der Waals surface area contributed by atoms with E-state index in [0.717, 1.165) is 29.2 Å². The van der Waals surface area contributed by atoms with Gasteiger partial charge in [0, 0.05) is 25.8 Å². The Balaban J connectivity index is 1.95. The number of carbonyl (C=O) groups excluding carboxylic acids is 1. The van der Waals surface area contributed by atoms with Crippen molar-refractivity contribution in [1.82, 2.24) is 14.8 Å². The molecular formula is C16H21N3O2S. The molecule has 0 unspecified atom stereocenters. The highest BCUT2D eigenvalue weighted by Gasteiger charge is 2.12. The Labute approximate surface area is 135 Å². The van der Waals surface area contributed by atoms with Crippen molar-refractivity contribution in [2.75, 3.05) is 19.5 Å². The number of hydrogen-bond donors (Lipinski definition) is 0. The van der Waals surface area contributed by atoms with Crippen molar-refractivity contribution in [1.29, 1.82) is 0 Å². The smallest absolute Gasteiger partial charge is 0.191 e. The summed E-state index contributed by atoms with van der Waals surface area (Å²) in [6.45, 7) is 5.49. The molecule has 118 valence electrons. The fourth-order valence-electron chi connectivity index (χ4n) is 2.22. The quantitative estimate of drug-likeness (QED) is 0.425. The van der Waals surface area contributed by atoms with Crippen LogP contribution in [0.2, 0.25) is 0 Å². The number of methoxy groups -OCH3 is 1. The van der Waals surface area contributed by atoms with Crippen molar-refractivity contribution in [2.24, 2.45) is 0 Å². The Kier molecular flexibility index (Phi) is 6.15. The zero-order valence-electron chi connectivity index (χ0n) is 13.2. The molecular weight excluding hydrogens is 298 g/mol. The van der Waals surface area contributed by atoms with Crippen LogP contribution in [0.1, 0.15) is 27.9 Å². The van der Waals surface area contributed by atoms with E-state index in [2.05, 4.69) is 10.2 Å². The monoisotopic (exact) mass is 319 g/mol. The summed E-state index contributed by atoms with van der Waals surface area (Å²) in [5.41, 5.74) is 2.97. The third-order valence-corrected chi connectivity index (χ3v) is 4.32. The molecule has 2 aromatic rings. The average Bonchev–Trinajstić information content (AvgIpc) is 2.92. The molecule has 0 bridgehead atoms. The number of benzene rings is 1. The first-order chi connectivity index (χ1) is 10.6. The maximum absolute atomic E-state index is 12.3. The summed E-state index contributed by atoms with van der Waals surface area (Å²) < 4.78 is 7.00. The third-order valence-electron chi connectivity index (χ3n) is 3.34. The fourth-order valence-corrected chi connectivity index (χ4v) is 3.05. The number of ketones is 1. The van der Waals surface area contributed by atoms with Gasteiger partial charge in [0.05, 0.1) is 5.75 Å². The van der Waals surface area contributed by atoms with Crippen LogP contribution >= 0.6 is 11.8 Å². The molecule has 0 amide bonds. The van der Waals surface area contributed by atoms with Gasteiger partial charge in [0.25, 0.3) is 0 Å². The number of nitrogens with zero attached hydrogens (tertiary/aromatic N) is 3. The van der Waals surface area contributed by atoms with Gasteiger partial charge in [0.1, 0.15) is 6.33 Å². The van der Waals surface area contributed by atoms with Gasteiger partial charge in [0.2, 0.25) is 0 Å². The van der Waals surface area contributed by atoms with Crippen molar-refractivity contribution in [3.8, 4) is 0 Å². The molecule has 0 N–H and O–H groups in total. The Morgan fingerprint density at radius 3 is 2.91 bits per heavy atom. The lowest BCUT2D eigenvalue weighted by atomic mass is 10.0. The first-order valence-electron chi connectivity index (χ1n) is 7.22. The van der Waals surface area contributed by atoms with E-state index in [4.69, 9.17) is 4.74 Å². The van der Waals surface area contributed by atoms with Crippen molar-refractivity contribution >= 4 is 17.5 Å². The second kappa shape index (κ2) is 8.10. The molecule has 0 aliphatic carbocycles. The van der Waals surface area contributed by atoms with Crippen molar-refractivity contribution in [2.45, 2.75) is 32.0 Å². The molecule has 1 aromatic heterocycles. The van der Waals surface area contributed by atoms with Crippen LogP contribution in [0.3, 0.4) is 0 Å². The zero-order valence-corrected chi connectivity index (χ0v) is 14.0. The van der Waals surface area contributed by atoms with Gasteiger partial charge in [-0.3, -0.25) is 4.79 Å². The highest BCUT2D eigenvalue weighted by atomic mass is 32.2. The van der Waals surface area contributed by atoms with Gasteiger partial charge in [-0.25, -0.2) is 0 Å². The van der Waals surface area contributed by atoms with E-state index in [0.29, 0.717) is 12.4 Å². The summed E-state index contributed by atoms with van der Waals surface area (Å²) in [5.74, 6) is 0.487. The molecule has 0 fully saturated rings. The Morgan fingerprint density at radius 1 is 1.36 bits per heavy atom. The van der Waals surface area contributed by atoms with E-state index >= 15 is 0 Å². The van der Waals surface area contributed by atoms with Crippen LogP contribution in [0.4, 0.5) is 0 Å². The van der Waals surface area contributed by atoms with E-state index in [-0.39, 0.29) is 5.78 Å². The summed E-state index contributed by atoms with van der Waals surface area (Å²) in [4.78, 5) is 12.3. The summed E-state index contributed by atoms with van der Waals surface area (Å²) in [7, 11) is 1.68. The third kappa shape index (κ3) is 4.42. The van der Waals surface area contributed by atoms with E-state index < -0.39 is 0 Å². The molecule has 1 heterocycles. The number of ether oxygens (including phenoxy) is 1. The molecule has 2 rings (SSSR count). The molecule has 0 radical (unpaired) electrons. The van der Waals surface area contributed by atoms with Crippen LogP contribution in [0, 0.1) is 13.8 Å². The second-order valence-electron chi connectivity index (χ2n) is 5.18. The highest BCUT2D eigenvalue weighted by Crippen LogP contribution is 2.19. The molecule has 0 spiro atoms. The zero-order chi connectivity index (χ0) is 15.9. The lowest BCUT2D eigenvalue weighted by molar-refractivity contribution is 0.102. The minimum atomic E-state index is 0.119. The Morgan fingerprint density at radius 2 is 2.18 bits per heavy atom.